The Kier molecular flexibility index (Phi) is 4.84. The molecule has 1 atom stereocenters. The molecule has 1 unspecified atom stereocenters. The fraction of sp³-hybridized carbons (Fsp3) is 0.375. The van der Waals surface area contributed by atoms with Gasteiger partial charge in [0.05, 0.1) is 10.5 Å². The summed E-state index contributed by atoms with van der Waals surface area (Å²) in [5, 5.41) is 0. The lowest BCUT2D eigenvalue weighted by atomic mass is 10.0. The van der Waals surface area contributed by atoms with Crippen molar-refractivity contribution in [2.75, 3.05) is 13.1 Å². The summed E-state index contributed by atoms with van der Waals surface area (Å²) in [6, 6.07) is 10.8. The van der Waals surface area contributed by atoms with E-state index in [2.05, 4.69) is 61.0 Å². The van der Waals surface area contributed by atoms with E-state index in [4.69, 9.17) is 10.2 Å². The van der Waals surface area contributed by atoms with Crippen LogP contribution in [0.4, 0.5) is 0 Å². The minimum absolute atomic E-state index is 0.110. The smallest absolute Gasteiger partial charge is 0.183 e. The molecule has 0 amide bonds. The molecule has 2 aromatic rings. The predicted molar refractivity (Wildman–Crippen MR) is 91.1 cm³/mol. The normalized spacial score (nSPS) is 17.3. The minimum atomic E-state index is 0.110. The molecular weight excluding hydrogens is 396 g/mol. The van der Waals surface area contributed by atoms with Crippen molar-refractivity contribution in [3.63, 3.8) is 0 Å². The monoisotopic (exact) mass is 412 g/mol. The molecule has 0 saturated carbocycles. The second-order valence-corrected chi connectivity index (χ2v) is 6.94. The molecule has 3 rings (SSSR count). The lowest BCUT2D eigenvalue weighted by Gasteiger charge is -2.28. The van der Waals surface area contributed by atoms with E-state index in [9.17, 15) is 0 Å². The molecule has 21 heavy (non-hydrogen) atoms. The van der Waals surface area contributed by atoms with Gasteiger partial charge in [0.1, 0.15) is 5.76 Å². The molecule has 5 heteroatoms. The third kappa shape index (κ3) is 3.26. The highest BCUT2D eigenvalue weighted by Crippen LogP contribution is 2.33. The van der Waals surface area contributed by atoms with Gasteiger partial charge in [-0.3, -0.25) is 4.90 Å². The van der Waals surface area contributed by atoms with Crippen LogP contribution in [0, 0.1) is 0 Å². The average molecular weight is 414 g/mol. The number of nitrogens with two attached hydrogens (primary N) is 1. The Morgan fingerprint density at radius 2 is 2.00 bits per heavy atom. The fourth-order valence-corrected chi connectivity index (χ4v) is 3.57. The van der Waals surface area contributed by atoms with Crippen LogP contribution >= 0.6 is 31.9 Å². The van der Waals surface area contributed by atoms with Crippen LogP contribution in [0.15, 0.2) is 43.9 Å². The first kappa shape index (κ1) is 15.3. The van der Waals surface area contributed by atoms with Crippen molar-refractivity contribution >= 4 is 31.9 Å². The Hall–Kier alpha value is -0.620. The zero-order valence-corrected chi connectivity index (χ0v) is 14.9. The molecule has 1 aliphatic heterocycles. The van der Waals surface area contributed by atoms with Gasteiger partial charge in [0.2, 0.25) is 0 Å². The molecule has 0 aliphatic carbocycles. The largest absolute Gasteiger partial charge is 0.451 e. The molecule has 0 spiro atoms. The van der Waals surface area contributed by atoms with Crippen molar-refractivity contribution in [3.8, 4) is 0 Å². The first-order valence-electron chi connectivity index (χ1n) is 7.14. The van der Waals surface area contributed by atoms with Gasteiger partial charge in [-0.1, -0.05) is 24.3 Å². The lowest BCUT2D eigenvalue weighted by Crippen LogP contribution is -2.33. The van der Waals surface area contributed by atoms with Gasteiger partial charge in [0.15, 0.2) is 4.67 Å². The minimum Gasteiger partial charge on any atom is -0.451 e. The summed E-state index contributed by atoms with van der Waals surface area (Å²) in [4.78, 5) is 2.42. The van der Waals surface area contributed by atoms with Crippen LogP contribution < -0.4 is 5.73 Å². The molecule has 0 saturated heterocycles. The number of hydrogen-bond donors (Lipinski definition) is 1. The number of hydrogen-bond acceptors (Lipinski definition) is 3. The molecule has 2 N–H and O–H groups in total. The second-order valence-electron chi connectivity index (χ2n) is 5.36. The van der Waals surface area contributed by atoms with Crippen molar-refractivity contribution in [1.29, 1.82) is 0 Å². The number of furan rings is 1. The van der Waals surface area contributed by atoms with E-state index >= 15 is 0 Å². The van der Waals surface area contributed by atoms with Gasteiger partial charge in [-0.15, -0.1) is 0 Å². The molecule has 3 nitrogen and oxygen atoms in total. The number of fused-ring (bicyclic) bond motifs is 1. The summed E-state index contributed by atoms with van der Waals surface area (Å²) < 4.78 is 7.46. The molecule has 0 bridgehead atoms. The number of rotatable bonds is 3. The summed E-state index contributed by atoms with van der Waals surface area (Å²) in [5.41, 5.74) is 8.89. The Bertz CT molecular complexity index is 607. The van der Waals surface area contributed by atoms with Gasteiger partial charge in [-0.25, -0.2) is 0 Å². The molecular formula is C16H18Br2N2O. The van der Waals surface area contributed by atoms with Gasteiger partial charge >= 0.3 is 0 Å². The van der Waals surface area contributed by atoms with Gasteiger partial charge in [-0.2, -0.15) is 0 Å². The quantitative estimate of drug-likeness (QED) is 0.817. The summed E-state index contributed by atoms with van der Waals surface area (Å²) >= 11 is 6.88. The van der Waals surface area contributed by atoms with Crippen LogP contribution in [0.3, 0.4) is 0 Å². The van der Waals surface area contributed by atoms with Crippen LogP contribution in [0.2, 0.25) is 0 Å². The van der Waals surface area contributed by atoms with E-state index in [-0.39, 0.29) is 6.04 Å². The predicted octanol–water partition coefficient (Wildman–Crippen LogP) is 4.25. The Morgan fingerprint density at radius 3 is 2.67 bits per heavy atom. The molecule has 0 fully saturated rings. The molecule has 112 valence electrons. The summed E-state index contributed by atoms with van der Waals surface area (Å²) in [6.45, 7) is 2.51. The van der Waals surface area contributed by atoms with E-state index in [0.29, 0.717) is 6.54 Å². The second kappa shape index (κ2) is 6.65. The summed E-state index contributed by atoms with van der Waals surface area (Å²) in [5.74, 6) is 0.913. The van der Waals surface area contributed by atoms with E-state index in [1.807, 2.05) is 6.07 Å². The zero-order chi connectivity index (χ0) is 14.8. The maximum absolute atomic E-state index is 6.03. The van der Waals surface area contributed by atoms with Crippen LogP contribution in [0.1, 0.15) is 29.3 Å². The van der Waals surface area contributed by atoms with Crippen molar-refractivity contribution in [1.82, 2.24) is 4.90 Å². The number of nitrogens with zero attached hydrogens (tertiary/aromatic N) is 1. The van der Waals surface area contributed by atoms with Gasteiger partial charge in [0.25, 0.3) is 0 Å². The van der Waals surface area contributed by atoms with Crippen molar-refractivity contribution in [3.05, 3.63) is 56.4 Å². The van der Waals surface area contributed by atoms with Gasteiger partial charge in [0, 0.05) is 13.1 Å². The average Bonchev–Trinajstić information content (AvgIpc) is 2.70. The highest BCUT2D eigenvalue weighted by atomic mass is 79.9. The van der Waals surface area contributed by atoms with Gasteiger partial charge < -0.3 is 10.2 Å². The van der Waals surface area contributed by atoms with Crippen molar-refractivity contribution < 1.29 is 4.42 Å². The third-order valence-corrected chi connectivity index (χ3v) is 5.75. The maximum Gasteiger partial charge on any atom is 0.183 e. The highest BCUT2D eigenvalue weighted by molar-refractivity contribution is 9.13. The lowest BCUT2D eigenvalue weighted by molar-refractivity contribution is 0.172. The Balaban J connectivity index is 1.87. The Labute approximate surface area is 141 Å². The SMILES string of the molecule is NCC(c1cc(Br)c(Br)o1)N1CCCc2ccccc2C1. The van der Waals surface area contributed by atoms with Crippen molar-refractivity contribution in [2.45, 2.75) is 25.4 Å². The molecule has 1 aromatic carbocycles. The standard InChI is InChI=1S/C16H18Br2N2O/c17-13-8-15(21-16(13)18)14(9-19)20-7-3-6-11-4-1-2-5-12(11)10-20/h1-2,4-5,8,14H,3,6-7,9-10,19H2. The van der Waals surface area contributed by atoms with Crippen LogP contribution in [-0.2, 0) is 13.0 Å². The first-order valence-corrected chi connectivity index (χ1v) is 8.73. The molecule has 0 radical (unpaired) electrons. The highest BCUT2D eigenvalue weighted by Gasteiger charge is 2.25. The topological polar surface area (TPSA) is 42.4 Å². The number of halogens is 2. The molecule has 2 heterocycles. The van der Waals surface area contributed by atoms with Gasteiger partial charge in [-0.05, 0) is 68.4 Å². The zero-order valence-electron chi connectivity index (χ0n) is 11.7. The third-order valence-electron chi connectivity index (χ3n) is 4.04. The van der Waals surface area contributed by atoms with E-state index in [1.54, 1.807) is 0 Å². The van der Waals surface area contributed by atoms with Crippen LogP contribution in [0.5, 0.6) is 0 Å². The molecule has 1 aliphatic rings. The fourth-order valence-electron chi connectivity index (χ4n) is 2.96. The summed E-state index contributed by atoms with van der Waals surface area (Å²) in [6.07, 6.45) is 2.28. The van der Waals surface area contributed by atoms with E-state index in [1.165, 1.54) is 11.1 Å². The van der Waals surface area contributed by atoms with Crippen molar-refractivity contribution in [2.24, 2.45) is 5.73 Å². The number of benzene rings is 1. The maximum atomic E-state index is 6.03. The Morgan fingerprint density at radius 1 is 1.24 bits per heavy atom. The van der Waals surface area contributed by atoms with E-state index in [0.717, 1.165) is 40.8 Å². The summed E-state index contributed by atoms with van der Waals surface area (Å²) in [7, 11) is 0. The van der Waals surface area contributed by atoms with Crippen LogP contribution in [-0.4, -0.2) is 18.0 Å². The molecule has 1 aromatic heterocycles. The van der Waals surface area contributed by atoms with Crippen LogP contribution in [0.25, 0.3) is 0 Å². The van der Waals surface area contributed by atoms with E-state index < -0.39 is 0 Å². The number of aryl methyl sites for hydroxylation is 1. The first-order chi connectivity index (χ1) is 10.2.